The monoisotopic (exact) mass is 204 g/mol. The highest BCUT2D eigenvalue weighted by atomic mass is 16.1. The van der Waals surface area contributed by atoms with E-state index in [0.29, 0.717) is 17.9 Å². The highest BCUT2D eigenvalue weighted by molar-refractivity contribution is 5.80. The number of pyridine rings is 1. The summed E-state index contributed by atoms with van der Waals surface area (Å²) in [5, 5.41) is 8.84. The number of nitriles is 1. The first-order valence-corrected chi connectivity index (χ1v) is 4.57. The molecule has 5 heteroatoms. The van der Waals surface area contributed by atoms with Gasteiger partial charge in [-0.3, -0.25) is 4.79 Å². The second-order valence-corrected chi connectivity index (χ2v) is 2.96. The summed E-state index contributed by atoms with van der Waals surface area (Å²) < 4.78 is 0. The molecule has 0 aromatic carbocycles. The van der Waals surface area contributed by atoms with Crippen molar-refractivity contribution in [3.63, 3.8) is 0 Å². The molecule has 0 aliphatic heterocycles. The zero-order valence-corrected chi connectivity index (χ0v) is 8.47. The summed E-state index contributed by atoms with van der Waals surface area (Å²) in [6.45, 7) is 2.58. The van der Waals surface area contributed by atoms with Gasteiger partial charge in [0.25, 0.3) is 0 Å². The minimum absolute atomic E-state index is 0.0941. The van der Waals surface area contributed by atoms with Crippen molar-refractivity contribution in [1.29, 1.82) is 5.26 Å². The van der Waals surface area contributed by atoms with Gasteiger partial charge in [-0.2, -0.15) is 5.26 Å². The van der Waals surface area contributed by atoms with Crippen LogP contribution in [0.15, 0.2) is 18.3 Å². The Morgan fingerprint density at radius 1 is 1.73 bits per heavy atom. The quantitative estimate of drug-likeness (QED) is 0.762. The number of anilines is 1. The summed E-state index contributed by atoms with van der Waals surface area (Å²) in [6, 6.07) is 5.45. The largest absolute Gasteiger partial charge is 0.368 e. The molecule has 0 aliphatic rings. The molecule has 0 fully saturated rings. The van der Waals surface area contributed by atoms with Gasteiger partial charge in [0.1, 0.15) is 6.07 Å². The summed E-state index contributed by atoms with van der Waals surface area (Å²) in [4.78, 5) is 16.5. The number of rotatable bonds is 4. The number of hydrogen-bond acceptors (Lipinski definition) is 4. The maximum Gasteiger partial charge on any atom is 0.236 e. The molecule has 0 spiro atoms. The fraction of sp³-hybridized carbons (Fsp3) is 0.300. The number of amides is 1. The zero-order valence-electron chi connectivity index (χ0n) is 8.47. The lowest BCUT2D eigenvalue weighted by molar-refractivity contribution is -0.116. The van der Waals surface area contributed by atoms with Crippen molar-refractivity contribution in [2.45, 2.75) is 6.92 Å². The zero-order chi connectivity index (χ0) is 11.3. The van der Waals surface area contributed by atoms with E-state index < -0.39 is 5.91 Å². The van der Waals surface area contributed by atoms with Gasteiger partial charge in [-0.05, 0) is 19.1 Å². The molecule has 15 heavy (non-hydrogen) atoms. The second kappa shape index (κ2) is 4.96. The van der Waals surface area contributed by atoms with Crippen molar-refractivity contribution in [3.05, 3.63) is 24.0 Å². The molecular weight excluding hydrogens is 192 g/mol. The third kappa shape index (κ3) is 2.68. The molecule has 0 unspecified atom stereocenters. The first-order valence-electron chi connectivity index (χ1n) is 4.57. The van der Waals surface area contributed by atoms with E-state index in [9.17, 15) is 4.79 Å². The SMILES string of the molecule is CCN(CC(N)=O)c1cccnc1C#N. The molecule has 1 amide bonds. The Morgan fingerprint density at radius 3 is 3.00 bits per heavy atom. The summed E-state index contributed by atoms with van der Waals surface area (Å²) >= 11 is 0. The molecular formula is C10H12N4O. The molecule has 2 N–H and O–H groups in total. The summed E-state index contributed by atoms with van der Waals surface area (Å²) in [6.07, 6.45) is 1.54. The van der Waals surface area contributed by atoms with Crippen LogP contribution in [-0.2, 0) is 4.79 Å². The van der Waals surface area contributed by atoms with Crippen LogP contribution >= 0.6 is 0 Å². The molecule has 1 aromatic heterocycles. The number of likely N-dealkylation sites (N-methyl/N-ethyl adjacent to an activating group) is 1. The fourth-order valence-electron chi connectivity index (χ4n) is 1.29. The lowest BCUT2D eigenvalue weighted by atomic mass is 10.2. The standard InChI is InChI=1S/C10H12N4O/c1-2-14(7-10(12)15)9-4-3-5-13-8(9)6-11/h3-5H,2,7H2,1H3,(H2,12,15). The van der Waals surface area contributed by atoms with Gasteiger partial charge < -0.3 is 10.6 Å². The molecule has 1 aromatic rings. The summed E-state index contributed by atoms with van der Waals surface area (Å²) in [7, 11) is 0. The average Bonchev–Trinajstić information content (AvgIpc) is 2.25. The van der Waals surface area contributed by atoms with Crippen molar-refractivity contribution < 1.29 is 4.79 Å². The van der Waals surface area contributed by atoms with E-state index in [1.807, 2.05) is 13.0 Å². The van der Waals surface area contributed by atoms with Crippen LogP contribution in [0.1, 0.15) is 12.6 Å². The molecule has 1 rings (SSSR count). The average molecular weight is 204 g/mol. The van der Waals surface area contributed by atoms with Crippen molar-refractivity contribution in [1.82, 2.24) is 4.98 Å². The summed E-state index contributed by atoms with van der Waals surface area (Å²) in [5.41, 5.74) is 6.06. The van der Waals surface area contributed by atoms with Gasteiger partial charge >= 0.3 is 0 Å². The third-order valence-corrected chi connectivity index (χ3v) is 1.96. The second-order valence-electron chi connectivity index (χ2n) is 2.96. The number of nitrogens with two attached hydrogens (primary N) is 1. The topological polar surface area (TPSA) is 83.0 Å². The Balaban J connectivity index is 3.01. The van der Waals surface area contributed by atoms with E-state index in [1.165, 1.54) is 0 Å². The van der Waals surface area contributed by atoms with Crippen LogP contribution in [0.3, 0.4) is 0 Å². The lowest BCUT2D eigenvalue weighted by Gasteiger charge is -2.21. The van der Waals surface area contributed by atoms with Crippen molar-refractivity contribution in [2.75, 3.05) is 18.0 Å². The van der Waals surface area contributed by atoms with Crippen LogP contribution in [0.4, 0.5) is 5.69 Å². The number of aromatic nitrogens is 1. The minimum Gasteiger partial charge on any atom is -0.368 e. The van der Waals surface area contributed by atoms with Crippen LogP contribution < -0.4 is 10.6 Å². The van der Waals surface area contributed by atoms with Crippen LogP contribution in [-0.4, -0.2) is 24.0 Å². The van der Waals surface area contributed by atoms with Gasteiger partial charge in [-0.1, -0.05) is 0 Å². The number of primary amides is 1. The van der Waals surface area contributed by atoms with Crippen molar-refractivity contribution in [3.8, 4) is 6.07 Å². The Labute approximate surface area is 88.1 Å². The Bertz CT molecular complexity index is 397. The Morgan fingerprint density at radius 2 is 2.47 bits per heavy atom. The predicted molar refractivity (Wildman–Crippen MR) is 56.0 cm³/mol. The number of carbonyl (C=O) groups is 1. The molecule has 0 saturated carbocycles. The molecule has 0 saturated heterocycles. The Kier molecular flexibility index (Phi) is 3.63. The predicted octanol–water partition coefficient (Wildman–Crippen LogP) is 0.265. The molecule has 78 valence electrons. The van der Waals surface area contributed by atoms with Gasteiger partial charge in [0.2, 0.25) is 5.91 Å². The van der Waals surface area contributed by atoms with Crippen LogP contribution in [0.2, 0.25) is 0 Å². The molecule has 0 radical (unpaired) electrons. The number of hydrogen-bond donors (Lipinski definition) is 1. The minimum atomic E-state index is -0.426. The van der Waals surface area contributed by atoms with E-state index in [4.69, 9.17) is 11.0 Å². The number of carbonyl (C=O) groups excluding carboxylic acids is 1. The Hall–Kier alpha value is -2.09. The van der Waals surface area contributed by atoms with E-state index in [-0.39, 0.29) is 6.54 Å². The van der Waals surface area contributed by atoms with Crippen LogP contribution in [0.5, 0.6) is 0 Å². The van der Waals surface area contributed by atoms with Gasteiger partial charge in [0.15, 0.2) is 5.69 Å². The van der Waals surface area contributed by atoms with E-state index >= 15 is 0 Å². The van der Waals surface area contributed by atoms with Gasteiger partial charge in [-0.25, -0.2) is 4.98 Å². The highest BCUT2D eigenvalue weighted by Gasteiger charge is 2.11. The molecule has 0 atom stereocenters. The van der Waals surface area contributed by atoms with Gasteiger partial charge in [0.05, 0.1) is 12.2 Å². The van der Waals surface area contributed by atoms with Gasteiger partial charge in [0, 0.05) is 12.7 Å². The highest BCUT2D eigenvalue weighted by Crippen LogP contribution is 2.16. The molecule has 1 heterocycles. The van der Waals surface area contributed by atoms with Crippen LogP contribution in [0, 0.1) is 11.3 Å². The van der Waals surface area contributed by atoms with Crippen LogP contribution in [0.25, 0.3) is 0 Å². The lowest BCUT2D eigenvalue weighted by Crippen LogP contribution is -2.34. The van der Waals surface area contributed by atoms with E-state index in [0.717, 1.165) is 0 Å². The van der Waals surface area contributed by atoms with Crippen molar-refractivity contribution >= 4 is 11.6 Å². The first-order chi connectivity index (χ1) is 7.19. The van der Waals surface area contributed by atoms with E-state index in [2.05, 4.69) is 4.98 Å². The fourth-order valence-corrected chi connectivity index (χ4v) is 1.29. The molecule has 0 aliphatic carbocycles. The first kappa shape index (κ1) is 11.0. The smallest absolute Gasteiger partial charge is 0.236 e. The normalized spacial score (nSPS) is 9.33. The maximum absolute atomic E-state index is 10.8. The van der Waals surface area contributed by atoms with E-state index in [1.54, 1.807) is 23.2 Å². The maximum atomic E-state index is 10.8. The van der Waals surface area contributed by atoms with Gasteiger partial charge in [-0.15, -0.1) is 0 Å². The molecule has 5 nitrogen and oxygen atoms in total. The summed E-state index contributed by atoms with van der Waals surface area (Å²) in [5.74, 6) is -0.426. The third-order valence-electron chi connectivity index (χ3n) is 1.96. The molecule has 0 bridgehead atoms. The number of nitrogens with zero attached hydrogens (tertiary/aromatic N) is 3. The van der Waals surface area contributed by atoms with Crippen molar-refractivity contribution in [2.24, 2.45) is 5.73 Å².